The van der Waals surface area contributed by atoms with Crippen LogP contribution >= 0.6 is 0 Å². The number of aliphatic carboxylic acids is 1. The molecular weight excluding hydrogens is 371 g/mol. The highest BCUT2D eigenvalue weighted by atomic mass is 19.4. The minimum Gasteiger partial charge on any atom is -0.486 e. The molecule has 0 aliphatic carbocycles. The Hall–Kier alpha value is -2.54. The van der Waals surface area contributed by atoms with Gasteiger partial charge in [-0.15, -0.1) is 0 Å². The van der Waals surface area contributed by atoms with Gasteiger partial charge in [-0.1, -0.05) is 30.3 Å². The summed E-state index contributed by atoms with van der Waals surface area (Å²) >= 11 is 0. The molecule has 3 rings (SSSR count). The largest absolute Gasteiger partial charge is 0.486 e. The molecule has 0 saturated carbocycles. The molecule has 1 aliphatic rings. The molecule has 28 heavy (non-hydrogen) atoms. The quantitative estimate of drug-likeness (QED) is 0.749. The molecular formula is C21H22F3NO3. The molecule has 2 aromatic rings. The second kappa shape index (κ2) is 8.65. The fourth-order valence-corrected chi connectivity index (χ4v) is 3.48. The van der Waals surface area contributed by atoms with Crippen LogP contribution in [0.2, 0.25) is 0 Å². The molecule has 2 N–H and O–H groups in total. The summed E-state index contributed by atoms with van der Waals surface area (Å²) in [6, 6.07) is 14.0. The Balaban J connectivity index is 1.75. The van der Waals surface area contributed by atoms with Crippen LogP contribution in [0.15, 0.2) is 54.6 Å². The SMILES string of the molecule is O=C(O)C1CCNC(CC(Oc2ccc(C(F)(F)F)cc2)c2ccccc2)C1. The van der Waals surface area contributed by atoms with Crippen molar-refractivity contribution in [1.29, 1.82) is 0 Å². The number of hydrogen-bond donors (Lipinski definition) is 2. The van der Waals surface area contributed by atoms with Gasteiger partial charge in [0.15, 0.2) is 0 Å². The maximum absolute atomic E-state index is 12.8. The molecule has 0 spiro atoms. The normalized spacial score (nSPS) is 21.1. The highest BCUT2D eigenvalue weighted by Gasteiger charge is 2.31. The molecule has 150 valence electrons. The predicted octanol–water partition coefficient (Wildman–Crippen LogP) is 4.67. The van der Waals surface area contributed by atoms with Gasteiger partial charge in [0, 0.05) is 12.5 Å². The topological polar surface area (TPSA) is 58.6 Å². The van der Waals surface area contributed by atoms with Gasteiger partial charge in [0.1, 0.15) is 11.9 Å². The lowest BCUT2D eigenvalue weighted by Gasteiger charge is -2.31. The third-order valence-electron chi connectivity index (χ3n) is 4.97. The lowest BCUT2D eigenvalue weighted by atomic mass is 9.88. The van der Waals surface area contributed by atoms with Crippen LogP contribution in [0.25, 0.3) is 0 Å². The summed E-state index contributed by atoms with van der Waals surface area (Å²) in [5.41, 5.74) is 0.163. The number of hydrogen-bond acceptors (Lipinski definition) is 3. The number of carboxylic acids is 1. The molecule has 1 fully saturated rings. The van der Waals surface area contributed by atoms with E-state index in [1.54, 1.807) is 0 Å². The summed E-state index contributed by atoms with van der Waals surface area (Å²) in [6.07, 6.45) is -3.19. The van der Waals surface area contributed by atoms with E-state index in [1.165, 1.54) is 12.1 Å². The average molecular weight is 393 g/mol. The van der Waals surface area contributed by atoms with Gasteiger partial charge in [-0.05, 0) is 49.2 Å². The number of carbonyl (C=O) groups is 1. The minimum absolute atomic E-state index is 0.0468. The second-order valence-corrected chi connectivity index (χ2v) is 6.99. The van der Waals surface area contributed by atoms with E-state index in [0.717, 1.165) is 17.7 Å². The molecule has 0 bridgehead atoms. The maximum Gasteiger partial charge on any atom is 0.416 e. The predicted molar refractivity (Wildman–Crippen MR) is 98.0 cm³/mol. The number of nitrogens with one attached hydrogen (secondary N) is 1. The van der Waals surface area contributed by atoms with Crippen molar-refractivity contribution in [3.63, 3.8) is 0 Å². The Kier molecular flexibility index (Phi) is 6.24. The monoisotopic (exact) mass is 393 g/mol. The van der Waals surface area contributed by atoms with Crippen LogP contribution in [0.4, 0.5) is 13.2 Å². The van der Waals surface area contributed by atoms with Crippen LogP contribution in [0.1, 0.15) is 36.5 Å². The molecule has 0 amide bonds. The molecule has 1 saturated heterocycles. The van der Waals surface area contributed by atoms with Gasteiger partial charge in [-0.3, -0.25) is 4.79 Å². The van der Waals surface area contributed by atoms with E-state index in [0.29, 0.717) is 31.6 Å². The molecule has 2 aromatic carbocycles. The number of benzene rings is 2. The zero-order valence-electron chi connectivity index (χ0n) is 15.2. The van der Waals surface area contributed by atoms with E-state index in [2.05, 4.69) is 5.32 Å². The van der Waals surface area contributed by atoms with Gasteiger partial charge in [0.2, 0.25) is 0 Å². The fraction of sp³-hybridized carbons (Fsp3) is 0.381. The Morgan fingerprint density at radius 1 is 1.14 bits per heavy atom. The molecule has 0 aromatic heterocycles. The van der Waals surface area contributed by atoms with Crippen molar-refractivity contribution in [3.05, 3.63) is 65.7 Å². The summed E-state index contributed by atoms with van der Waals surface area (Å²) in [5, 5.41) is 12.6. The summed E-state index contributed by atoms with van der Waals surface area (Å²) in [7, 11) is 0. The molecule has 7 heteroatoms. The third kappa shape index (κ3) is 5.25. The first-order valence-corrected chi connectivity index (χ1v) is 9.18. The summed E-state index contributed by atoms with van der Waals surface area (Å²) in [5.74, 6) is -0.854. The van der Waals surface area contributed by atoms with Crippen molar-refractivity contribution >= 4 is 5.97 Å². The zero-order chi connectivity index (χ0) is 20.1. The lowest BCUT2D eigenvalue weighted by molar-refractivity contribution is -0.143. The number of alkyl halides is 3. The van der Waals surface area contributed by atoms with E-state index < -0.39 is 29.7 Å². The first-order chi connectivity index (χ1) is 13.3. The standard InChI is InChI=1S/C21H22F3NO3/c22-21(23,24)16-6-8-18(9-7-16)28-19(14-4-2-1-3-5-14)13-17-12-15(20(26)27)10-11-25-17/h1-9,15,17,19,25H,10-13H2,(H,26,27). The van der Waals surface area contributed by atoms with E-state index in [-0.39, 0.29) is 6.04 Å². The average Bonchev–Trinajstić information content (AvgIpc) is 2.68. The van der Waals surface area contributed by atoms with E-state index >= 15 is 0 Å². The van der Waals surface area contributed by atoms with Crippen molar-refractivity contribution < 1.29 is 27.8 Å². The lowest BCUT2D eigenvalue weighted by Crippen LogP contribution is -2.41. The molecule has 4 nitrogen and oxygen atoms in total. The number of carboxylic acid groups (broad SMARTS) is 1. The summed E-state index contributed by atoms with van der Waals surface area (Å²) in [4.78, 5) is 11.3. The first-order valence-electron chi connectivity index (χ1n) is 9.18. The van der Waals surface area contributed by atoms with E-state index in [4.69, 9.17) is 4.74 Å². The fourth-order valence-electron chi connectivity index (χ4n) is 3.48. The van der Waals surface area contributed by atoms with Crippen LogP contribution < -0.4 is 10.1 Å². The van der Waals surface area contributed by atoms with Crippen LogP contribution in [0.3, 0.4) is 0 Å². The first kappa shape index (κ1) is 20.2. The molecule has 1 heterocycles. The van der Waals surface area contributed by atoms with Gasteiger partial charge < -0.3 is 15.2 Å². The number of piperidine rings is 1. The maximum atomic E-state index is 12.8. The Bertz CT molecular complexity index is 778. The van der Waals surface area contributed by atoms with Gasteiger partial charge in [-0.25, -0.2) is 0 Å². The highest BCUT2D eigenvalue weighted by Crippen LogP contribution is 2.33. The molecule has 0 radical (unpaired) electrons. The minimum atomic E-state index is -4.39. The van der Waals surface area contributed by atoms with Crippen LogP contribution in [0.5, 0.6) is 5.75 Å². The number of halogens is 3. The highest BCUT2D eigenvalue weighted by molar-refractivity contribution is 5.70. The third-order valence-corrected chi connectivity index (χ3v) is 4.97. The van der Waals surface area contributed by atoms with Gasteiger partial charge in [0.25, 0.3) is 0 Å². The van der Waals surface area contributed by atoms with Crippen molar-refractivity contribution in [2.75, 3.05) is 6.54 Å². The molecule has 3 atom stereocenters. The van der Waals surface area contributed by atoms with Crippen LogP contribution in [-0.4, -0.2) is 23.7 Å². The van der Waals surface area contributed by atoms with Gasteiger partial charge in [0.05, 0.1) is 11.5 Å². The Labute approximate surface area is 161 Å². The zero-order valence-corrected chi connectivity index (χ0v) is 15.2. The number of ether oxygens (including phenoxy) is 1. The second-order valence-electron chi connectivity index (χ2n) is 6.99. The number of rotatable bonds is 6. The van der Waals surface area contributed by atoms with Crippen molar-refractivity contribution in [2.24, 2.45) is 5.92 Å². The van der Waals surface area contributed by atoms with E-state index in [9.17, 15) is 23.1 Å². The van der Waals surface area contributed by atoms with Gasteiger partial charge in [-0.2, -0.15) is 13.2 Å². The summed E-state index contributed by atoms with van der Waals surface area (Å²) in [6.45, 7) is 0.615. The van der Waals surface area contributed by atoms with Crippen molar-refractivity contribution in [1.82, 2.24) is 5.32 Å². The van der Waals surface area contributed by atoms with Gasteiger partial charge >= 0.3 is 12.1 Å². The Morgan fingerprint density at radius 2 is 1.82 bits per heavy atom. The molecule has 1 aliphatic heterocycles. The summed E-state index contributed by atoms with van der Waals surface area (Å²) < 4.78 is 44.3. The van der Waals surface area contributed by atoms with Crippen LogP contribution in [0, 0.1) is 5.92 Å². The smallest absolute Gasteiger partial charge is 0.416 e. The van der Waals surface area contributed by atoms with E-state index in [1.807, 2.05) is 30.3 Å². The van der Waals surface area contributed by atoms with Crippen molar-refractivity contribution in [3.8, 4) is 5.75 Å². The van der Waals surface area contributed by atoms with Crippen LogP contribution in [-0.2, 0) is 11.0 Å². The van der Waals surface area contributed by atoms with Crippen molar-refractivity contribution in [2.45, 2.75) is 37.6 Å². The Morgan fingerprint density at radius 3 is 2.43 bits per heavy atom. The molecule has 3 unspecified atom stereocenters.